The number of benzene rings is 1. The summed E-state index contributed by atoms with van der Waals surface area (Å²) < 4.78 is 5.41. The number of carboxylic acids is 1. The van der Waals surface area contributed by atoms with E-state index in [1.807, 2.05) is 24.3 Å². The zero-order valence-electron chi connectivity index (χ0n) is 11.2. The topological polar surface area (TPSA) is 66.8 Å². The van der Waals surface area contributed by atoms with Crippen LogP contribution in [0.25, 0.3) is 0 Å². The molecule has 1 aromatic carbocycles. The Labute approximate surface area is 121 Å². The smallest absolute Gasteiger partial charge is 0.327 e. The Kier molecular flexibility index (Phi) is 4.89. The van der Waals surface area contributed by atoms with Crippen molar-refractivity contribution >= 4 is 23.6 Å². The molecule has 20 heavy (non-hydrogen) atoms. The van der Waals surface area contributed by atoms with Crippen LogP contribution in [-0.4, -0.2) is 46.2 Å². The summed E-state index contributed by atoms with van der Waals surface area (Å²) in [6.45, 7) is 1.94. The van der Waals surface area contributed by atoms with Crippen LogP contribution in [0.2, 0.25) is 0 Å². The number of rotatable bonds is 5. The highest BCUT2D eigenvalue weighted by Crippen LogP contribution is 2.21. The van der Waals surface area contributed by atoms with Gasteiger partial charge < -0.3 is 14.7 Å². The average molecular weight is 295 g/mol. The summed E-state index contributed by atoms with van der Waals surface area (Å²) in [5.41, 5.74) is 1.20. The molecule has 1 aliphatic heterocycles. The second-order valence-corrected chi connectivity index (χ2v) is 5.50. The first-order valence-corrected chi connectivity index (χ1v) is 7.59. The van der Waals surface area contributed by atoms with Crippen LogP contribution < -0.4 is 4.74 Å². The van der Waals surface area contributed by atoms with Crippen LogP contribution in [0.5, 0.6) is 5.75 Å². The van der Waals surface area contributed by atoms with E-state index in [-0.39, 0.29) is 12.5 Å². The van der Waals surface area contributed by atoms with Gasteiger partial charge in [-0.3, -0.25) is 4.79 Å². The van der Waals surface area contributed by atoms with Crippen molar-refractivity contribution in [2.24, 2.45) is 0 Å². The number of aliphatic carboxylic acids is 1. The molecule has 0 aliphatic carbocycles. The third-order valence-electron chi connectivity index (χ3n) is 3.18. The van der Waals surface area contributed by atoms with Crippen molar-refractivity contribution in [3.63, 3.8) is 0 Å². The lowest BCUT2D eigenvalue weighted by atomic mass is 10.2. The number of hydrogen-bond acceptors (Lipinski definition) is 4. The SMILES string of the molecule is CCc1ccc(OCC(=O)N2CSCC2C(=O)O)cc1. The largest absolute Gasteiger partial charge is 0.484 e. The molecule has 5 nitrogen and oxygen atoms in total. The number of nitrogens with zero attached hydrogens (tertiary/aromatic N) is 1. The molecule has 0 saturated carbocycles. The molecular weight excluding hydrogens is 278 g/mol. The van der Waals surface area contributed by atoms with E-state index >= 15 is 0 Å². The van der Waals surface area contributed by atoms with E-state index in [1.54, 1.807) is 0 Å². The highest BCUT2D eigenvalue weighted by atomic mass is 32.2. The van der Waals surface area contributed by atoms with Crippen LogP contribution in [0.3, 0.4) is 0 Å². The Morgan fingerprint density at radius 1 is 1.40 bits per heavy atom. The number of aryl methyl sites for hydroxylation is 1. The highest BCUT2D eigenvalue weighted by molar-refractivity contribution is 7.99. The molecule has 1 fully saturated rings. The Morgan fingerprint density at radius 3 is 2.70 bits per heavy atom. The second-order valence-electron chi connectivity index (χ2n) is 4.50. The van der Waals surface area contributed by atoms with E-state index in [4.69, 9.17) is 9.84 Å². The van der Waals surface area contributed by atoms with Crippen molar-refractivity contribution in [3.05, 3.63) is 29.8 Å². The quantitative estimate of drug-likeness (QED) is 0.894. The van der Waals surface area contributed by atoms with Crippen LogP contribution in [0.4, 0.5) is 0 Å². The van der Waals surface area contributed by atoms with Crippen LogP contribution in [-0.2, 0) is 16.0 Å². The standard InChI is InChI=1S/C14H17NO4S/c1-2-10-3-5-11(6-4-10)19-7-13(16)15-9-20-8-12(15)14(17)18/h3-6,12H,2,7-9H2,1H3,(H,17,18). The zero-order valence-corrected chi connectivity index (χ0v) is 12.1. The summed E-state index contributed by atoms with van der Waals surface area (Å²) in [5, 5.41) is 9.03. The maximum absolute atomic E-state index is 12.0. The molecule has 108 valence electrons. The first-order chi connectivity index (χ1) is 9.61. The molecule has 6 heteroatoms. The molecule has 1 aliphatic rings. The molecule has 1 N–H and O–H groups in total. The van der Waals surface area contributed by atoms with E-state index in [0.29, 0.717) is 17.4 Å². The predicted octanol–water partition coefficient (Wildman–Crippen LogP) is 1.61. The second kappa shape index (κ2) is 6.65. The number of ether oxygens (including phenoxy) is 1. The Bertz CT molecular complexity index is 488. The van der Waals surface area contributed by atoms with Crippen molar-refractivity contribution in [2.45, 2.75) is 19.4 Å². The van der Waals surface area contributed by atoms with Gasteiger partial charge in [0.2, 0.25) is 0 Å². The van der Waals surface area contributed by atoms with Crippen molar-refractivity contribution in [3.8, 4) is 5.75 Å². The maximum Gasteiger partial charge on any atom is 0.327 e. The predicted molar refractivity (Wildman–Crippen MR) is 76.9 cm³/mol. The number of carbonyl (C=O) groups excluding carboxylic acids is 1. The average Bonchev–Trinajstić information content (AvgIpc) is 2.95. The monoisotopic (exact) mass is 295 g/mol. The molecule has 1 saturated heterocycles. The lowest BCUT2D eigenvalue weighted by Crippen LogP contribution is -2.43. The molecule has 1 atom stereocenters. The molecule has 0 bridgehead atoms. The van der Waals surface area contributed by atoms with Gasteiger partial charge in [0.15, 0.2) is 6.61 Å². The summed E-state index contributed by atoms with van der Waals surface area (Å²) in [4.78, 5) is 24.3. The molecule has 1 unspecified atom stereocenters. The fraction of sp³-hybridized carbons (Fsp3) is 0.429. The van der Waals surface area contributed by atoms with E-state index in [9.17, 15) is 9.59 Å². The summed E-state index contributed by atoms with van der Waals surface area (Å²) in [7, 11) is 0. The Hall–Kier alpha value is -1.69. The summed E-state index contributed by atoms with van der Waals surface area (Å²) in [5.74, 6) is 0.215. The number of carbonyl (C=O) groups is 2. The van der Waals surface area contributed by atoms with Gasteiger partial charge in [-0.2, -0.15) is 0 Å². The van der Waals surface area contributed by atoms with Crippen LogP contribution >= 0.6 is 11.8 Å². The summed E-state index contributed by atoms with van der Waals surface area (Å²) in [6, 6.07) is 6.80. The fourth-order valence-electron chi connectivity index (χ4n) is 1.94. The number of thioether (sulfide) groups is 1. The minimum atomic E-state index is -0.962. The molecular formula is C14H17NO4S. The van der Waals surface area contributed by atoms with Gasteiger partial charge >= 0.3 is 5.97 Å². The minimum absolute atomic E-state index is 0.129. The molecule has 1 heterocycles. The van der Waals surface area contributed by atoms with E-state index in [0.717, 1.165) is 6.42 Å². The molecule has 0 spiro atoms. The van der Waals surface area contributed by atoms with E-state index < -0.39 is 12.0 Å². The van der Waals surface area contributed by atoms with Crippen LogP contribution in [0.15, 0.2) is 24.3 Å². The van der Waals surface area contributed by atoms with Crippen LogP contribution in [0.1, 0.15) is 12.5 Å². The molecule has 0 aromatic heterocycles. The Morgan fingerprint density at radius 2 is 2.10 bits per heavy atom. The van der Waals surface area contributed by atoms with E-state index in [1.165, 1.54) is 22.2 Å². The summed E-state index contributed by atoms with van der Waals surface area (Å²) in [6.07, 6.45) is 0.949. The summed E-state index contributed by atoms with van der Waals surface area (Å²) >= 11 is 1.44. The fourth-order valence-corrected chi connectivity index (χ4v) is 3.11. The lowest BCUT2D eigenvalue weighted by Gasteiger charge is -2.20. The van der Waals surface area contributed by atoms with Crippen molar-refractivity contribution in [2.75, 3.05) is 18.2 Å². The maximum atomic E-state index is 12.0. The number of hydrogen-bond donors (Lipinski definition) is 1. The third-order valence-corrected chi connectivity index (χ3v) is 4.19. The highest BCUT2D eigenvalue weighted by Gasteiger charge is 2.34. The molecule has 1 aromatic rings. The van der Waals surface area contributed by atoms with Gasteiger partial charge in [-0.1, -0.05) is 19.1 Å². The van der Waals surface area contributed by atoms with Crippen LogP contribution in [0, 0.1) is 0 Å². The van der Waals surface area contributed by atoms with Crippen molar-refractivity contribution < 1.29 is 19.4 Å². The van der Waals surface area contributed by atoms with Gasteiger partial charge in [0.25, 0.3) is 5.91 Å². The number of carboxylic acid groups (broad SMARTS) is 1. The molecule has 1 amide bonds. The van der Waals surface area contributed by atoms with Crippen molar-refractivity contribution in [1.82, 2.24) is 4.90 Å². The molecule has 2 rings (SSSR count). The lowest BCUT2D eigenvalue weighted by molar-refractivity contribution is -0.148. The van der Waals surface area contributed by atoms with Gasteiger partial charge in [-0.25, -0.2) is 4.79 Å². The van der Waals surface area contributed by atoms with Gasteiger partial charge in [0.1, 0.15) is 11.8 Å². The van der Waals surface area contributed by atoms with Gasteiger partial charge in [0, 0.05) is 5.75 Å². The van der Waals surface area contributed by atoms with Gasteiger partial charge in [-0.05, 0) is 24.1 Å². The number of amides is 1. The normalized spacial score (nSPS) is 18.1. The van der Waals surface area contributed by atoms with Crippen molar-refractivity contribution in [1.29, 1.82) is 0 Å². The molecule has 0 radical (unpaired) electrons. The first kappa shape index (κ1) is 14.7. The minimum Gasteiger partial charge on any atom is -0.484 e. The first-order valence-electron chi connectivity index (χ1n) is 6.43. The Balaban J connectivity index is 1.89. The zero-order chi connectivity index (χ0) is 14.5. The van der Waals surface area contributed by atoms with E-state index in [2.05, 4.69) is 6.92 Å². The third kappa shape index (κ3) is 3.45. The van der Waals surface area contributed by atoms with Gasteiger partial charge in [0.05, 0.1) is 5.88 Å². The van der Waals surface area contributed by atoms with Gasteiger partial charge in [-0.15, -0.1) is 11.8 Å².